The number of rotatable bonds is 6. The highest BCUT2D eigenvalue weighted by Crippen LogP contribution is 2.23. The number of benzene rings is 1. The summed E-state index contributed by atoms with van der Waals surface area (Å²) in [5.41, 5.74) is 3.23. The highest BCUT2D eigenvalue weighted by Gasteiger charge is 2.17. The monoisotopic (exact) mass is 327 g/mol. The molecule has 0 radical (unpaired) electrons. The van der Waals surface area contributed by atoms with Crippen LogP contribution in [0.15, 0.2) is 42.5 Å². The van der Waals surface area contributed by atoms with Crippen LogP contribution >= 0.6 is 0 Å². The van der Waals surface area contributed by atoms with Crippen molar-refractivity contribution in [3.8, 4) is 11.4 Å². The van der Waals surface area contributed by atoms with Gasteiger partial charge in [-0.2, -0.15) is 0 Å². The van der Waals surface area contributed by atoms with E-state index >= 15 is 0 Å². The van der Waals surface area contributed by atoms with Crippen LogP contribution in [-0.4, -0.2) is 30.0 Å². The first kappa shape index (κ1) is 17.5. The lowest BCUT2D eigenvalue weighted by Gasteiger charge is -2.10. The van der Waals surface area contributed by atoms with Crippen molar-refractivity contribution in [3.05, 3.63) is 59.4 Å². The molecule has 0 bridgehead atoms. The summed E-state index contributed by atoms with van der Waals surface area (Å²) in [7, 11) is 1.62. The second kappa shape index (κ2) is 7.64. The van der Waals surface area contributed by atoms with Gasteiger partial charge in [0, 0.05) is 28.7 Å². The van der Waals surface area contributed by atoms with Gasteiger partial charge in [-0.1, -0.05) is 6.08 Å². The average Bonchev–Trinajstić information content (AvgIpc) is 2.88. The zero-order chi connectivity index (χ0) is 17.7. The lowest BCUT2D eigenvalue weighted by atomic mass is 10.1. The first-order valence-electron chi connectivity index (χ1n) is 7.64. The van der Waals surface area contributed by atoms with Gasteiger partial charge in [-0.15, -0.1) is 0 Å². The first-order valence-corrected chi connectivity index (χ1v) is 7.64. The third kappa shape index (κ3) is 3.74. The van der Waals surface area contributed by atoms with Crippen LogP contribution < -0.4 is 4.74 Å². The van der Waals surface area contributed by atoms with Gasteiger partial charge in [0.1, 0.15) is 5.75 Å². The number of ketones is 1. The van der Waals surface area contributed by atoms with E-state index in [1.807, 2.05) is 48.7 Å². The van der Waals surface area contributed by atoms with Crippen LogP contribution in [0.25, 0.3) is 5.69 Å². The third-order valence-electron chi connectivity index (χ3n) is 3.71. The molecule has 0 saturated heterocycles. The van der Waals surface area contributed by atoms with Crippen molar-refractivity contribution in [3.63, 3.8) is 0 Å². The molecule has 0 spiro atoms. The molecule has 5 nitrogen and oxygen atoms in total. The molecule has 24 heavy (non-hydrogen) atoms. The summed E-state index contributed by atoms with van der Waals surface area (Å²) in [6, 6.07) is 9.41. The standard InChI is InChI=1S/C19H21NO4/c1-5-6-19(22)24-12-18(21)17-11-13(2)20(14(17)3)15-7-9-16(23-4)10-8-15/h5-11H,12H2,1-4H3. The minimum absolute atomic E-state index is 0.222. The number of ether oxygens (including phenoxy) is 2. The number of hydrogen-bond donors (Lipinski definition) is 0. The summed E-state index contributed by atoms with van der Waals surface area (Å²) in [5, 5.41) is 0. The van der Waals surface area contributed by atoms with Gasteiger partial charge in [0.05, 0.1) is 7.11 Å². The Hall–Kier alpha value is -2.82. The molecule has 2 aromatic rings. The molecule has 0 N–H and O–H groups in total. The molecule has 0 saturated carbocycles. The fraction of sp³-hybridized carbons (Fsp3) is 0.263. The van der Waals surface area contributed by atoms with Crippen LogP contribution in [0.5, 0.6) is 5.75 Å². The van der Waals surface area contributed by atoms with Gasteiger partial charge in [-0.3, -0.25) is 4.79 Å². The maximum atomic E-state index is 12.3. The molecule has 0 atom stereocenters. The van der Waals surface area contributed by atoms with Gasteiger partial charge in [0.2, 0.25) is 5.78 Å². The quantitative estimate of drug-likeness (QED) is 0.463. The topological polar surface area (TPSA) is 57.5 Å². The van der Waals surface area contributed by atoms with E-state index in [0.717, 1.165) is 22.8 Å². The van der Waals surface area contributed by atoms with Gasteiger partial charge in [-0.05, 0) is 51.1 Å². The Morgan fingerprint density at radius 2 is 1.83 bits per heavy atom. The summed E-state index contributed by atoms with van der Waals surface area (Å²) >= 11 is 0. The van der Waals surface area contributed by atoms with E-state index in [2.05, 4.69) is 0 Å². The van der Waals surface area contributed by atoms with E-state index in [4.69, 9.17) is 9.47 Å². The number of Topliss-reactive ketones (excluding diaryl/α,β-unsaturated/α-hetero) is 1. The molecule has 0 aliphatic heterocycles. The number of aryl methyl sites for hydroxylation is 1. The number of nitrogens with zero attached hydrogens (tertiary/aromatic N) is 1. The first-order chi connectivity index (χ1) is 11.5. The summed E-state index contributed by atoms with van der Waals surface area (Å²) in [5.74, 6) is 0.0314. The van der Waals surface area contributed by atoms with Gasteiger partial charge >= 0.3 is 5.97 Å². The molecule has 0 aliphatic rings. The van der Waals surface area contributed by atoms with Gasteiger partial charge in [0.15, 0.2) is 6.61 Å². The SMILES string of the molecule is CC=CC(=O)OCC(=O)c1cc(C)n(-c2ccc(OC)cc2)c1C. The number of allylic oxidation sites excluding steroid dienone is 1. The number of hydrogen-bond acceptors (Lipinski definition) is 4. The zero-order valence-corrected chi connectivity index (χ0v) is 14.3. The van der Waals surface area contributed by atoms with Gasteiger partial charge < -0.3 is 14.0 Å². The minimum Gasteiger partial charge on any atom is -0.497 e. The molecular weight excluding hydrogens is 306 g/mol. The maximum Gasteiger partial charge on any atom is 0.330 e. The summed E-state index contributed by atoms with van der Waals surface area (Å²) < 4.78 is 12.1. The number of esters is 1. The Morgan fingerprint density at radius 1 is 1.17 bits per heavy atom. The fourth-order valence-electron chi connectivity index (χ4n) is 2.57. The molecule has 1 heterocycles. The van der Waals surface area contributed by atoms with Gasteiger partial charge in [0.25, 0.3) is 0 Å². The highest BCUT2D eigenvalue weighted by atomic mass is 16.5. The lowest BCUT2D eigenvalue weighted by Crippen LogP contribution is -2.13. The van der Waals surface area contributed by atoms with E-state index in [1.165, 1.54) is 6.08 Å². The molecule has 0 aliphatic carbocycles. The van der Waals surface area contributed by atoms with E-state index in [0.29, 0.717) is 5.56 Å². The highest BCUT2D eigenvalue weighted by molar-refractivity contribution is 6.00. The molecule has 0 amide bonds. The van der Waals surface area contributed by atoms with Crippen LogP contribution in [0.2, 0.25) is 0 Å². The lowest BCUT2D eigenvalue weighted by molar-refractivity contribution is -0.136. The number of carbonyl (C=O) groups excluding carboxylic acids is 2. The Labute approximate surface area is 141 Å². The van der Waals surface area contributed by atoms with Crippen molar-refractivity contribution in [2.45, 2.75) is 20.8 Å². The van der Waals surface area contributed by atoms with Crippen molar-refractivity contribution in [1.29, 1.82) is 0 Å². The molecule has 1 aromatic heterocycles. The van der Waals surface area contributed by atoms with Crippen molar-refractivity contribution in [2.75, 3.05) is 13.7 Å². The second-order valence-corrected chi connectivity index (χ2v) is 5.35. The van der Waals surface area contributed by atoms with Crippen molar-refractivity contribution < 1.29 is 19.1 Å². The van der Waals surface area contributed by atoms with E-state index in [-0.39, 0.29) is 12.4 Å². The van der Waals surface area contributed by atoms with Crippen LogP contribution in [0.1, 0.15) is 28.7 Å². The predicted molar refractivity (Wildman–Crippen MR) is 91.9 cm³/mol. The summed E-state index contributed by atoms with van der Waals surface area (Å²) in [6.07, 6.45) is 2.86. The third-order valence-corrected chi connectivity index (χ3v) is 3.71. The molecule has 5 heteroatoms. The molecule has 0 unspecified atom stereocenters. The number of carbonyl (C=O) groups is 2. The Morgan fingerprint density at radius 3 is 2.42 bits per heavy atom. The summed E-state index contributed by atoms with van der Waals surface area (Å²) in [4.78, 5) is 23.7. The molecule has 126 valence electrons. The fourth-order valence-corrected chi connectivity index (χ4v) is 2.57. The predicted octanol–water partition coefficient (Wildman–Crippen LogP) is 3.40. The Kier molecular flexibility index (Phi) is 5.58. The van der Waals surface area contributed by atoms with E-state index in [1.54, 1.807) is 20.1 Å². The Balaban J connectivity index is 2.24. The number of methoxy groups -OCH3 is 1. The largest absolute Gasteiger partial charge is 0.497 e. The van der Waals surface area contributed by atoms with Crippen molar-refractivity contribution >= 4 is 11.8 Å². The number of aromatic nitrogens is 1. The minimum atomic E-state index is -0.519. The second-order valence-electron chi connectivity index (χ2n) is 5.35. The summed E-state index contributed by atoms with van der Waals surface area (Å²) in [6.45, 7) is 5.25. The van der Waals surface area contributed by atoms with Crippen LogP contribution in [0.3, 0.4) is 0 Å². The maximum absolute atomic E-state index is 12.3. The molecular formula is C19H21NO4. The molecule has 1 aromatic carbocycles. The smallest absolute Gasteiger partial charge is 0.330 e. The van der Waals surface area contributed by atoms with Crippen LogP contribution in [0, 0.1) is 13.8 Å². The molecule has 0 fully saturated rings. The Bertz CT molecular complexity index is 769. The van der Waals surface area contributed by atoms with Crippen LogP contribution in [0.4, 0.5) is 0 Å². The van der Waals surface area contributed by atoms with E-state index < -0.39 is 5.97 Å². The van der Waals surface area contributed by atoms with Crippen molar-refractivity contribution in [1.82, 2.24) is 4.57 Å². The zero-order valence-electron chi connectivity index (χ0n) is 14.3. The normalized spacial score (nSPS) is 10.8. The molecule has 2 rings (SSSR count). The average molecular weight is 327 g/mol. The van der Waals surface area contributed by atoms with Gasteiger partial charge in [-0.25, -0.2) is 4.79 Å². The van der Waals surface area contributed by atoms with Crippen LogP contribution in [-0.2, 0) is 9.53 Å². The van der Waals surface area contributed by atoms with Crippen molar-refractivity contribution in [2.24, 2.45) is 0 Å². The van der Waals surface area contributed by atoms with E-state index in [9.17, 15) is 9.59 Å².